The molecule has 0 radical (unpaired) electrons. The first-order chi connectivity index (χ1) is 6.77. The van der Waals surface area contributed by atoms with Gasteiger partial charge in [0.25, 0.3) is 0 Å². The van der Waals surface area contributed by atoms with Crippen LogP contribution >= 0.6 is 0 Å². The summed E-state index contributed by atoms with van der Waals surface area (Å²) in [5.41, 5.74) is 0. The molecule has 1 N–H and O–H groups in total. The number of carboxylic acid groups (broad SMARTS) is 1. The van der Waals surface area contributed by atoms with Crippen LogP contribution in [0.3, 0.4) is 0 Å². The molecule has 80 valence electrons. The second-order valence-corrected chi connectivity index (χ2v) is 3.27. The van der Waals surface area contributed by atoms with E-state index in [0.29, 0.717) is 0 Å². The standard InChI is InChI=1S/C12H20O2/c1-2-3-4-5-6-7-8-9-10-11-12(13)14/h6-7,9-10H,2-5,8,11H2,1H3,(H,13,14). The fourth-order valence-electron chi connectivity index (χ4n) is 1.09. The molecule has 0 aromatic rings. The first-order valence-electron chi connectivity index (χ1n) is 5.29. The van der Waals surface area contributed by atoms with Crippen LogP contribution in [-0.4, -0.2) is 11.1 Å². The van der Waals surface area contributed by atoms with Gasteiger partial charge in [-0.3, -0.25) is 4.79 Å². The summed E-state index contributed by atoms with van der Waals surface area (Å²) >= 11 is 0. The van der Waals surface area contributed by atoms with Crippen LogP contribution < -0.4 is 0 Å². The lowest BCUT2D eigenvalue weighted by molar-refractivity contribution is -0.136. The molecule has 0 atom stereocenters. The van der Waals surface area contributed by atoms with Crippen LogP contribution in [-0.2, 0) is 4.79 Å². The zero-order valence-electron chi connectivity index (χ0n) is 8.91. The normalized spacial score (nSPS) is 11.5. The molecule has 14 heavy (non-hydrogen) atoms. The Morgan fingerprint density at radius 1 is 1.14 bits per heavy atom. The molecule has 0 heterocycles. The van der Waals surface area contributed by atoms with Crippen molar-refractivity contribution in [2.24, 2.45) is 0 Å². The zero-order valence-corrected chi connectivity index (χ0v) is 8.91. The number of unbranched alkanes of at least 4 members (excludes halogenated alkanes) is 3. The predicted octanol–water partition coefficient (Wildman–Crippen LogP) is 3.54. The highest BCUT2D eigenvalue weighted by molar-refractivity contribution is 5.68. The molecule has 0 spiro atoms. The third kappa shape index (κ3) is 11.0. The number of hydrogen-bond donors (Lipinski definition) is 1. The van der Waals surface area contributed by atoms with Gasteiger partial charge in [0.15, 0.2) is 0 Å². The molecular formula is C12H20O2. The van der Waals surface area contributed by atoms with Crippen molar-refractivity contribution < 1.29 is 9.90 Å². The molecule has 0 aliphatic rings. The minimum atomic E-state index is -0.770. The Labute approximate surface area is 86.3 Å². The lowest BCUT2D eigenvalue weighted by atomic mass is 10.2. The van der Waals surface area contributed by atoms with Crippen LogP contribution in [0.4, 0.5) is 0 Å². The van der Waals surface area contributed by atoms with Gasteiger partial charge in [-0.1, -0.05) is 44.1 Å². The number of rotatable bonds is 8. The highest BCUT2D eigenvalue weighted by Gasteiger charge is 1.87. The van der Waals surface area contributed by atoms with Gasteiger partial charge < -0.3 is 5.11 Å². The van der Waals surface area contributed by atoms with Gasteiger partial charge in [-0.25, -0.2) is 0 Å². The second-order valence-electron chi connectivity index (χ2n) is 3.27. The third-order valence-electron chi connectivity index (χ3n) is 1.87. The average Bonchev–Trinajstić information content (AvgIpc) is 2.15. The Kier molecular flexibility index (Phi) is 9.28. The van der Waals surface area contributed by atoms with E-state index in [1.165, 1.54) is 19.3 Å². The van der Waals surface area contributed by atoms with Crippen molar-refractivity contribution in [3.8, 4) is 0 Å². The van der Waals surface area contributed by atoms with E-state index in [-0.39, 0.29) is 6.42 Å². The summed E-state index contributed by atoms with van der Waals surface area (Å²) < 4.78 is 0. The fraction of sp³-hybridized carbons (Fsp3) is 0.583. The maximum Gasteiger partial charge on any atom is 0.307 e. The van der Waals surface area contributed by atoms with E-state index in [4.69, 9.17) is 5.11 Å². The van der Waals surface area contributed by atoms with E-state index in [1.807, 2.05) is 6.08 Å². The van der Waals surface area contributed by atoms with Gasteiger partial charge in [-0.05, 0) is 19.3 Å². The van der Waals surface area contributed by atoms with Crippen molar-refractivity contribution in [3.05, 3.63) is 24.3 Å². The Balaban J connectivity index is 3.25. The molecule has 0 aliphatic heterocycles. The maximum absolute atomic E-state index is 10.1. The van der Waals surface area contributed by atoms with Crippen molar-refractivity contribution in [2.45, 2.75) is 45.4 Å². The van der Waals surface area contributed by atoms with Crippen LogP contribution in [0.1, 0.15) is 45.4 Å². The van der Waals surface area contributed by atoms with Gasteiger partial charge in [-0.2, -0.15) is 0 Å². The van der Waals surface area contributed by atoms with E-state index in [0.717, 1.165) is 12.8 Å². The molecule has 0 aromatic carbocycles. The zero-order chi connectivity index (χ0) is 10.6. The molecule has 0 bridgehead atoms. The van der Waals surface area contributed by atoms with E-state index >= 15 is 0 Å². The summed E-state index contributed by atoms with van der Waals surface area (Å²) in [7, 11) is 0. The number of carboxylic acids is 1. The van der Waals surface area contributed by atoms with Crippen molar-refractivity contribution in [1.29, 1.82) is 0 Å². The Bertz CT molecular complexity index is 192. The van der Waals surface area contributed by atoms with Crippen LogP contribution in [0.25, 0.3) is 0 Å². The quantitative estimate of drug-likeness (QED) is 0.476. The number of allylic oxidation sites excluding steroid dienone is 3. The lowest BCUT2D eigenvalue weighted by Gasteiger charge is -1.90. The summed E-state index contributed by atoms with van der Waals surface area (Å²) in [5, 5.41) is 8.34. The average molecular weight is 196 g/mol. The molecule has 0 saturated carbocycles. The lowest BCUT2D eigenvalue weighted by Crippen LogP contribution is -1.89. The number of carbonyl (C=O) groups is 1. The fourth-order valence-corrected chi connectivity index (χ4v) is 1.09. The Hall–Kier alpha value is -1.05. The first kappa shape index (κ1) is 12.9. The van der Waals surface area contributed by atoms with Gasteiger partial charge in [0.2, 0.25) is 0 Å². The van der Waals surface area contributed by atoms with E-state index in [9.17, 15) is 4.79 Å². The highest BCUT2D eigenvalue weighted by atomic mass is 16.4. The van der Waals surface area contributed by atoms with E-state index < -0.39 is 5.97 Å². The molecule has 2 nitrogen and oxygen atoms in total. The maximum atomic E-state index is 10.1. The monoisotopic (exact) mass is 196 g/mol. The number of aliphatic carboxylic acids is 1. The molecule has 0 amide bonds. The van der Waals surface area contributed by atoms with Crippen LogP contribution in [0.2, 0.25) is 0 Å². The molecule has 0 aliphatic carbocycles. The predicted molar refractivity (Wildman–Crippen MR) is 59.3 cm³/mol. The summed E-state index contributed by atoms with van der Waals surface area (Å²) in [6.07, 6.45) is 13.8. The minimum absolute atomic E-state index is 0.129. The smallest absolute Gasteiger partial charge is 0.307 e. The van der Waals surface area contributed by atoms with Gasteiger partial charge in [0.05, 0.1) is 6.42 Å². The molecule has 0 fully saturated rings. The van der Waals surface area contributed by atoms with Gasteiger partial charge in [-0.15, -0.1) is 0 Å². The minimum Gasteiger partial charge on any atom is -0.481 e. The van der Waals surface area contributed by atoms with Crippen molar-refractivity contribution in [3.63, 3.8) is 0 Å². The molecule has 2 heteroatoms. The molecule has 0 unspecified atom stereocenters. The van der Waals surface area contributed by atoms with Crippen LogP contribution in [0, 0.1) is 0 Å². The van der Waals surface area contributed by atoms with Crippen molar-refractivity contribution in [1.82, 2.24) is 0 Å². The van der Waals surface area contributed by atoms with E-state index in [1.54, 1.807) is 6.08 Å². The second kappa shape index (κ2) is 10.0. The summed E-state index contributed by atoms with van der Waals surface area (Å²) in [4.78, 5) is 10.1. The summed E-state index contributed by atoms with van der Waals surface area (Å²) in [6, 6.07) is 0. The Morgan fingerprint density at radius 3 is 2.50 bits per heavy atom. The van der Waals surface area contributed by atoms with Gasteiger partial charge in [0.1, 0.15) is 0 Å². The topological polar surface area (TPSA) is 37.3 Å². The van der Waals surface area contributed by atoms with Gasteiger partial charge in [0, 0.05) is 0 Å². The molecule has 0 saturated heterocycles. The molecule has 0 rings (SSSR count). The van der Waals surface area contributed by atoms with Crippen molar-refractivity contribution in [2.75, 3.05) is 0 Å². The molecular weight excluding hydrogens is 176 g/mol. The third-order valence-corrected chi connectivity index (χ3v) is 1.87. The Morgan fingerprint density at radius 2 is 1.86 bits per heavy atom. The summed E-state index contributed by atoms with van der Waals surface area (Å²) in [6.45, 7) is 2.19. The van der Waals surface area contributed by atoms with Crippen molar-refractivity contribution >= 4 is 5.97 Å². The van der Waals surface area contributed by atoms with E-state index in [2.05, 4.69) is 19.1 Å². The van der Waals surface area contributed by atoms with Crippen LogP contribution in [0.5, 0.6) is 0 Å². The summed E-state index contributed by atoms with van der Waals surface area (Å²) in [5.74, 6) is -0.770. The SMILES string of the molecule is CCCCCC=CCC=CCC(=O)O. The van der Waals surface area contributed by atoms with Crippen LogP contribution in [0.15, 0.2) is 24.3 Å². The highest BCUT2D eigenvalue weighted by Crippen LogP contribution is 2.00. The van der Waals surface area contributed by atoms with Gasteiger partial charge >= 0.3 is 5.97 Å². The molecule has 0 aromatic heterocycles. The first-order valence-corrected chi connectivity index (χ1v) is 5.29. The largest absolute Gasteiger partial charge is 0.481 e. The number of hydrogen-bond acceptors (Lipinski definition) is 1.